The van der Waals surface area contributed by atoms with Crippen LogP contribution in [0.4, 0.5) is 8.78 Å². The van der Waals surface area contributed by atoms with Crippen molar-refractivity contribution in [2.75, 3.05) is 6.54 Å². The normalized spacial score (nSPS) is 23.5. The zero-order chi connectivity index (χ0) is 24.4. The summed E-state index contributed by atoms with van der Waals surface area (Å²) in [6.45, 7) is 5.42. The van der Waals surface area contributed by atoms with Crippen molar-refractivity contribution in [3.63, 3.8) is 0 Å². The van der Waals surface area contributed by atoms with Gasteiger partial charge in [-0.2, -0.15) is 4.98 Å². The molecule has 182 valence electrons. The van der Waals surface area contributed by atoms with Crippen LogP contribution in [-0.4, -0.2) is 22.9 Å². The Labute approximate surface area is 205 Å². The van der Waals surface area contributed by atoms with E-state index in [2.05, 4.69) is 36.1 Å². The monoisotopic (exact) mass is 475 g/mol. The van der Waals surface area contributed by atoms with Gasteiger partial charge in [-0.15, -0.1) is 0 Å². The summed E-state index contributed by atoms with van der Waals surface area (Å²) in [5.41, 5.74) is 2.96. The van der Waals surface area contributed by atoms with Crippen molar-refractivity contribution in [3.8, 4) is 11.4 Å². The summed E-state index contributed by atoms with van der Waals surface area (Å²) in [4.78, 5) is 9.16. The molecule has 0 spiro atoms. The Morgan fingerprint density at radius 3 is 2.66 bits per heavy atom. The first-order chi connectivity index (χ1) is 17.0. The van der Waals surface area contributed by atoms with Crippen molar-refractivity contribution in [1.82, 2.24) is 10.1 Å². The molecule has 1 fully saturated rings. The fourth-order valence-electron chi connectivity index (χ4n) is 5.74. The van der Waals surface area contributed by atoms with Gasteiger partial charge in [-0.1, -0.05) is 75.0 Å². The maximum Gasteiger partial charge on any atom is 0.260 e. The molecule has 4 atom stereocenters. The second-order valence-electron chi connectivity index (χ2n) is 10.1. The highest BCUT2D eigenvalue weighted by atomic mass is 19.1. The van der Waals surface area contributed by atoms with E-state index in [-0.39, 0.29) is 23.2 Å². The van der Waals surface area contributed by atoms with Crippen LogP contribution in [-0.2, 0) is 0 Å². The highest BCUT2D eigenvalue weighted by Crippen LogP contribution is 2.42. The van der Waals surface area contributed by atoms with Crippen molar-refractivity contribution in [2.45, 2.75) is 46.0 Å². The minimum Gasteiger partial charge on any atom is -0.334 e. The molecule has 2 aliphatic rings. The minimum atomic E-state index is -0.596. The Kier molecular flexibility index (Phi) is 6.89. The number of rotatable bonds is 6. The summed E-state index contributed by atoms with van der Waals surface area (Å²) >= 11 is 0. The van der Waals surface area contributed by atoms with Crippen LogP contribution < -0.4 is 0 Å². The lowest BCUT2D eigenvalue weighted by atomic mass is 9.71. The molecule has 0 bridgehead atoms. The van der Waals surface area contributed by atoms with E-state index < -0.39 is 11.6 Å². The van der Waals surface area contributed by atoms with Crippen LogP contribution in [0, 0.1) is 35.3 Å². The zero-order valence-electron chi connectivity index (χ0n) is 20.3. The molecule has 3 aromatic rings. The van der Waals surface area contributed by atoms with Gasteiger partial charge in [-0.3, -0.25) is 4.99 Å². The highest BCUT2D eigenvalue weighted by molar-refractivity contribution is 6.19. The van der Waals surface area contributed by atoms with Crippen molar-refractivity contribution in [2.24, 2.45) is 28.7 Å². The molecule has 1 saturated carbocycles. The minimum absolute atomic E-state index is 0.0224. The van der Waals surface area contributed by atoms with E-state index in [4.69, 9.17) is 9.52 Å². The lowest BCUT2D eigenvalue weighted by molar-refractivity contribution is 0.202. The van der Waals surface area contributed by atoms with Crippen LogP contribution in [0.5, 0.6) is 0 Å². The third kappa shape index (κ3) is 4.97. The average Bonchev–Trinajstić information content (AvgIpc) is 3.37. The summed E-state index contributed by atoms with van der Waals surface area (Å²) in [6, 6.07) is 13.5. The number of allylic oxidation sites excluding steroid dienone is 1. The van der Waals surface area contributed by atoms with E-state index in [1.807, 2.05) is 18.2 Å². The molecule has 4 unspecified atom stereocenters. The summed E-state index contributed by atoms with van der Waals surface area (Å²) in [5.74, 6) is 1.26. The zero-order valence-corrected chi connectivity index (χ0v) is 20.3. The number of nitrogens with zero attached hydrogens (tertiary/aromatic N) is 3. The maximum absolute atomic E-state index is 14.3. The Balaban J connectivity index is 1.53. The van der Waals surface area contributed by atoms with Gasteiger partial charge >= 0.3 is 0 Å². The smallest absolute Gasteiger partial charge is 0.260 e. The van der Waals surface area contributed by atoms with Crippen molar-refractivity contribution < 1.29 is 13.3 Å². The van der Waals surface area contributed by atoms with Crippen LogP contribution in [0.3, 0.4) is 0 Å². The van der Waals surface area contributed by atoms with E-state index in [1.54, 1.807) is 6.21 Å². The number of aliphatic imine (C=N–C) groups is 1. The van der Waals surface area contributed by atoms with Crippen molar-refractivity contribution >= 4 is 17.4 Å². The number of benzene rings is 2. The molecule has 1 aromatic heterocycles. The third-order valence-corrected chi connectivity index (χ3v) is 7.74. The molecule has 2 heterocycles. The molecule has 1 aliphatic heterocycles. The quantitative estimate of drug-likeness (QED) is 0.371. The first-order valence-electron chi connectivity index (χ1n) is 12.6. The fourth-order valence-corrected chi connectivity index (χ4v) is 5.74. The number of halogens is 2. The summed E-state index contributed by atoms with van der Waals surface area (Å²) in [6.07, 6.45) is 8.21. The fraction of sp³-hybridized carbons (Fsp3) is 0.414. The molecule has 4 nitrogen and oxygen atoms in total. The van der Waals surface area contributed by atoms with Gasteiger partial charge in [0.25, 0.3) is 5.89 Å². The second kappa shape index (κ2) is 10.2. The van der Waals surface area contributed by atoms with E-state index >= 15 is 0 Å². The molecule has 0 N–H and O–H groups in total. The lowest BCUT2D eigenvalue weighted by Crippen LogP contribution is -2.26. The molecule has 0 amide bonds. The molecular formula is C29H31F2N3O. The Hall–Kier alpha value is -3.15. The first-order valence-corrected chi connectivity index (χ1v) is 12.6. The van der Waals surface area contributed by atoms with Crippen molar-refractivity contribution in [1.29, 1.82) is 0 Å². The van der Waals surface area contributed by atoms with Crippen LogP contribution in [0.1, 0.15) is 57.4 Å². The number of hydrogen-bond donors (Lipinski definition) is 0. The molecule has 0 saturated heterocycles. The van der Waals surface area contributed by atoms with Gasteiger partial charge < -0.3 is 4.52 Å². The predicted molar refractivity (Wildman–Crippen MR) is 135 cm³/mol. The third-order valence-electron chi connectivity index (χ3n) is 7.74. The van der Waals surface area contributed by atoms with Gasteiger partial charge in [0, 0.05) is 18.7 Å². The molecular weight excluding hydrogens is 444 g/mol. The van der Waals surface area contributed by atoms with E-state index in [9.17, 15) is 8.78 Å². The first kappa shape index (κ1) is 23.6. The Morgan fingerprint density at radius 1 is 1.06 bits per heavy atom. The van der Waals surface area contributed by atoms with Gasteiger partial charge in [-0.05, 0) is 53.5 Å². The van der Waals surface area contributed by atoms with Crippen LogP contribution in [0.2, 0.25) is 0 Å². The average molecular weight is 476 g/mol. The summed E-state index contributed by atoms with van der Waals surface area (Å²) in [5, 5.41) is 3.98. The number of dihydropyridines is 1. The van der Waals surface area contributed by atoms with E-state index in [0.29, 0.717) is 12.5 Å². The SMILES string of the molecule is CC1CCCCC1CC(C)C1CN=CC(c2nc(-c3cc(F)ccc3F)no2)=C1c1ccccc1. The Morgan fingerprint density at radius 2 is 1.86 bits per heavy atom. The van der Waals surface area contributed by atoms with Gasteiger partial charge in [0.1, 0.15) is 11.6 Å². The molecule has 6 heteroatoms. The summed E-state index contributed by atoms with van der Waals surface area (Å²) < 4.78 is 33.7. The topological polar surface area (TPSA) is 51.3 Å². The Bertz CT molecular complexity index is 1230. The standard InChI is InChI=1S/C29H31F2N3O/c1-18-8-6-7-11-21(18)14-19(2)24-16-32-17-25(27(24)20-9-4-3-5-10-20)29-33-28(34-35-29)23-15-22(30)12-13-26(23)31/h3-5,9-10,12-13,15,17-19,21,24H,6-8,11,14,16H2,1-2H3. The molecule has 35 heavy (non-hydrogen) atoms. The lowest BCUT2D eigenvalue weighted by Gasteiger charge is -2.35. The van der Waals surface area contributed by atoms with Crippen molar-refractivity contribution in [3.05, 3.63) is 71.6 Å². The van der Waals surface area contributed by atoms with Gasteiger partial charge in [-0.25, -0.2) is 8.78 Å². The second-order valence-corrected chi connectivity index (χ2v) is 10.1. The van der Waals surface area contributed by atoms with Crippen LogP contribution >= 0.6 is 0 Å². The van der Waals surface area contributed by atoms with Gasteiger partial charge in [0.15, 0.2) is 0 Å². The van der Waals surface area contributed by atoms with Crippen LogP contribution in [0.15, 0.2) is 58.0 Å². The van der Waals surface area contributed by atoms with E-state index in [1.165, 1.54) is 25.7 Å². The van der Waals surface area contributed by atoms with Crippen LogP contribution in [0.25, 0.3) is 22.5 Å². The molecule has 1 aliphatic carbocycles. The van der Waals surface area contributed by atoms with Gasteiger partial charge in [0.2, 0.25) is 5.82 Å². The van der Waals surface area contributed by atoms with E-state index in [0.717, 1.165) is 53.2 Å². The maximum atomic E-state index is 14.3. The van der Waals surface area contributed by atoms with Gasteiger partial charge in [0.05, 0.1) is 11.1 Å². The largest absolute Gasteiger partial charge is 0.334 e. The molecule has 0 radical (unpaired) electrons. The molecule has 2 aromatic carbocycles. The molecule has 5 rings (SSSR count). The summed E-state index contributed by atoms with van der Waals surface area (Å²) in [7, 11) is 0. The predicted octanol–water partition coefficient (Wildman–Crippen LogP) is 7.48. The highest BCUT2D eigenvalue weighted by Gasteiger charge is 2.33. The number of hydrogen-bond acceptors (Lipinski definition) is 4. The number of aromatic nitrogens is 2.